The standard InChI is InChI=1S/C5H7N3O/c6-3-8-2-1-4(8)5(7)9/h4H,1-2H2,(H2,7,9). The van der Waals surface area contributed by atoms with Crippen LogP contribution in [0.15, 0.2) is 0 Å². The molecule has 0 saturated carbocycles. The van der Waals surface area contributed by atoms with Crippen LogP contribution in [0.1, 0.15) is 6.42 Å². The summed E-state index contributed by atoms with van der Waals surface area (Å²) in [4.78, 5) is 11.8. The van der Waals surface area contributed by atoms with Gasteiger partial charge in [-0.25, -0.2) is 0 Å². The quantitative estimate of drug-likeness (QED) is 0.458. The van der Waals surface area contributed by atoms with Crippen LogP contribution in [0.25, 0.3) is 0 Å². The molecule has 1 aliphatic heterocycles. The lowest BCUT2D eigenvalue weighted by molar-refractivity contribution is -0.125. The Morgan fingerprint density at radius 3 is 2.67 bits per heavy atom. The molecule has 9 heavy (non-hydrogen) atoms. The molecule has 0 aromatic rings. The van der Waals surface area contributed by atoms with Crippen molar-refractivity contribution in [2.24, 2.45) is 5.73 Å². The highest BCUT2D eigenvalue weighted by Gasteiger charge is 2.31. The lowest BCUT2D eigenvalue weighted by Gasteiger charge is -2.33. The van der Waals surface area contributed by atoms with Gasteiger partial charge in [-0.05, 0) is 6.42 Å². The Hall–Kier alpha value is -1.24. The maximum absolute atomic E-state index is 10.4. The van der Waals surface area contributed by atoms with E-state index in [1.807, 2.05) is 6.19 Å². The predicted molar refractivity (Wildman–Crippen MR) is 29.9 cm³/mol. The van der Waals surface area contributed by atoms with Crippen molar-refractivity contribution in [2.75, 3.05) is 6.54 Å². The first-order valence-electron chi connectivity index (χ1n) is 2.71. The predicted octanol–water partition coefficient (Wildman–Crippen LogP) is -0.973. The van der Waals surface area contributed by atoms with Crippen molar-refractivity contribution in [1.82, 2.24) is 4.90 Å². The lowest BCUT2D eigenvalue weighted by atomic mass is 10.0. The normalized spacial score (nSPS) is 24.3. The molecule has 1 saturated heterocycles. The van der Waals surface area contributed by atoms with E-state index in [0.29, 0.717) is 6.54 Å². The minimum atomic E-state index is -0.400. The van der Waals surface area contributed by atoms with Crippen LogP contribution in [0, 0.1) is 11.5 Å². The van der Waals surface area contributed by atoms with Gasteiger partial charge in [-0.1, -0.05) is 0 Å². The Balaban J connectivity index is 2.47. The zero-order valence-electron chi connectivity index (χ0n) is 4.87. The molecule has 0 radical (unpaired) electrons. The third-order valence-corrected chi connectivity index (χ3v) is 1.48. The van der Waals surface area contributed by atoms with Gasteiger partial charge in [0, 0.05) is 6.54 Å². The van der Waals surface area contributed by atoms with Gasteiger partial charge in [0.2, 0.25) is 5.91 Å². The Morgan fingerprint density at radius 2 is 2.56 bits per heavy atom. The first-order chi connectivity index (χ1) is 4.25. The van der Waals surface area contributed by atoms with E-state index in [1.54, 1.807) is 0 Å². The van der Waals surface area contributed by atoms with Crippen LogP contribution in [-0.2, 0) is 4.79 Å². The highest BCUT2D eigenvalue weighted by Crippen LogP contribution is 2.14. The van der Waals surface area contributed by atoms with Crippen molar-refractivity contribution in [3.8, 4) is 6.19 Å². The van der Waals surface area contributed by atoms with Gasteiger partial charge in [-0.15, -0.1) is 0 Å². The third kappa shape index (κ3) is 0.809. The van der Waals surface area contributed by atoms with Crippen LogP contribution >= 0.6 is 0 Å². The maximum Gasteiger partial charge on any atom is 0.240 e. The van der Waals surface area contributed by atoms with Crippen molar-refractivity contribution in [1.29, 1.82) is 5.26 Å². The molecule has 4 nitrogen and oxygen atoms in total. The number of likely N-dealkylation sites (tertiary alicyclic amines) is 1. The zero-order chi connectivity index (χ0) is 6.85. The maximum atomic E-state index is 10.4. The van der Waals surface area contributed by atoms with Crippen LogP contribution in [0.2, 0.25) is 0 Å². The molecule has 1 heterocycles. The van der Waals surface area contributed by atoms with Crippen molar-refractivity contribution in [3.05, 3.63) is 0 Å². The molecule has 1 fully saturated rings. The topological polar surface area (TPSA) is 70.1 Å². The van der Waals surface area contributed by atoms with Gasteiger partial charge in [0.15, 0.2) is 6.19 Å². The zero-order valence-corrected chi connectivity index (χ0v) is 4.87. The summed E-state index contributed by atoms with van der Waals surface area (Å²) in [6.45, 7) is 0.671. The molecule has 1 unspecified atom stereocenters. The van der Waals surface area contributed by atoms with E-state index in [2.05, 4.69) is 0 Å². The van der Waals surface area contributed by atoms with E-state index in [9.17, 15) is 4.79 Å². The SMILES string of the molecule is N#CN1CCC1C(N)=O. The number of primary amides is 1. The summed E-state index contributed by atoms with van der Waals surface area (Å²) in [5.41, 5.74) is 4.93. The molecule has 2 N–H and O–H groups in total. The fourth-order valence-electron chi connectivity index (χ4n) is 0.803. The fourth-order valence-corrected chi connectivity index (χ4v) is 0.803. The minimum Gasteiger partial charge on any atom is -0.368 e. The number of amides is 1. The lowest BCUT2D eigenvalue weighted by Crippen LogP contribution is -2.52. The molecule has 1 aliphatic rings. The largest absolute Gasteiger partial charge is 0.368 e. The summed E-state index contributed by atoms with van der Waals surface area (Å²) in [6.07, 6.45) is 2.59. The van der Waals surface area contributed by atoms with Gasteiger partial charge in [0.05, 0.1) is 0 Å². The molecule has 0 aliphatic carbocycles. The molecule has 1 rings (SSSR count). The van der Waals surface area contributed by atoms with Crippen molar-refractivity contribution in [3.63, 3.8) is 0 Å². The molecule has 0 spiro atoms. The van der Waals surface area contributed by atoms with Crippen molar-refractivity contribution >= 4 is 5.91 Å². The van der Waals surface area contributed by atoms with E-state index >= 15 is 0 Å². The number of carbonyl (C=O) groups excluding carboxylic acids is 1. The third-order valence-electron chi connectivity index (χ3n) is 1.48. The van der Waals surface area contributed by atoms with Gasteiger partial charge in [-0.2, -0.15) is 5.26 Å². The Morgan fingerprint density at radius 1 is 1.89 bits per heavy atom. The Labute approximate surface area is 52.8 Å². The van der Waals surface area contributed by atoms with E-state index in [4.69, 9.17) is 11.0 Å². The number of nitriles is 1. The van der Waals surface area contributed by atoms with Crippen molar-refractivity contribution in [2.45, 2.75) is 12.5 Å². The summed E-state index contributed by atoms with van der Waals surface area (Å²) in [5, 5.41) is 8.27. The van der Waals surface area contributed by atoms with Gasteiger partial charge >= 0.3 is 0 Å². The molecule has 0 bridgehead atoms. The molecular formula is C5H7N3O. The number of nitrogens with zero attached hydrogens (tertiary/aromatic N) is 2. The summed E-state index contributed by atoms with van der Waals surface area (Å²) in [7, 11) is 0. The Kier molecular flexibility index (Phi) is 1.27. The molecule has 0 aromatic carbocycles. The van der Waals surface area contributed by atoms with Crippen LogP contribution in [-0.4, -0.2) is 23.4 Å². The molecular weight excluding hydrogens is 118 g/mol. The second-order valence-electron chi connectivity index (χ2n) is 2.00. The average molecular weight is 125 g/mol. The summed E-state index contributed by atoms with van der Waals surface area (Å²) in [5.74, 6) is -0.400. The number of nitrogens with two attached hydrogens (primary N) is 1. The molecule has 1 atom stereocenters. The van der Waals surface area contributed by atoms with Crippen LogP contribution in [0.3, 0.4) is 0 Å². The monoisotopic (exact) mass is 125 g/mol. The molecule has 48 valence electrons. The first-order valence-corrected chi connectivity index (χ1v) is 2.71. The summed E-state index contributed by atoms with van der Waals surface area (Å²) in [6, 6.07) is -0.324. The van der Waals surface area contributed by atoms with Crippen LogP contribution in [0.5, 0.6) is 0 Å². The Bertz CT molecular complexity index is 172. The molecule has 0 aromatic heterocycles. The van der Waals surface area contributed by atoms with E-state index in [1.165, 1.54) is 4.90 Å². The number of rotatable bonds is 1. The second-order valence-corrected chi connectivity index (χ2v) is 2.00. The van der Waals surface area contributed by atoms with Gasteiger partial charge in [0.25, 0.3) is 0 Å². The van der Waals surface area contributed by atoms with E-state index < -0.39 is 5.91 Å². The van der Waals surface area contributed by atoms with Gasteiger partial charge < -0.3 is 5.73 Å². The summed E-state index contributed by atoms with van der Waals surface area (Å²) < 4.78 is 0. The fraction of sp³-hybridized carbons (Fsp3) is 0.600. The van der Waals surface area contributed by atoms with Gasteiger partial charge in [0.1, 0.15) is 6.04 Å². The van der Waals surface area contributed by atoms with Crippen LogP contribution in [0.4, 0.5) is 0 Å². The first kappa shape index (κ1) is 5.89. The smallest absolute Gasteiger partial charge is 0.240 e. The van der Waals surface area contributed by atoms with Gasteiger partial charge in [-0.3, -0.25) is 9.69 Å². The van der Waals surface area contributed by atoms with Crippen LogP contribution < -0.4 is 5.73 Å². The second kappa shape index (κ2) is 1.94. The van der Waals surface area contributed by atoms with E-state index in [0.717, 1.165) is 6.42 Å². The number of carbonyl (C=O) groups is 1. The summed E-state index contributed by atoms with van der Waals surface area (Å²) >= 11 is 0. The van der Waals surface area contributed by atoms with Crippen molar-refractivity contribution < 1.29 is 4.79 Å². The number of hydrogen-bond donors (Lipinski definition) is 1. The highest BCUT2D eigenvalue weighted by molar-refractivity contribution is 5.81. The van der Waals surface area contributed by atoms with E-state index in [-0.39, 0.29) is 6.04 Å². The average Bonchev–Trinajstić information content (AvgIpc) is 1.61. The highest BCUT2D eigenvalue weighted by atomic mass is 16.1. The molecule has 4 heteroatoms. The molecule has 1 amide bonds. The minimum absolute atomic E-state index is 0.324. The number of hydrogen-bond acceptors (Lipinski definition) is 3.